The Bertz CT molecular complexity index is 852. The molecule has 1 N–H and O–H groups in total. The largest absolute Gasteiger partial charge is 0.444 e. The Kier molecular flexibility index (Phi) is 4.00. The lowest BCUT2D eigenvalue weighted by atomic mass is 10.1. The highest BCUT2D eigenvalue weighted by Crippen LogP contribution is 2.30. The molecule has 2 aromatic heterocycles. The lowest BCUT2D eigenvalue weighted by molar-refractivity contribution is 0.0636. The van der Waals surface area contributed by atoms with Gasteiger partial charge in [0.2, 0.25) is 0 Å². The number of thiazole rings is 1. The van der Waals surface area contributed by atoms with Gasteiger partial charge in [-0.05, 0) is 32.9 Å². The number of aromatic nitrogens is 2. The molecule has 0 unspecified atom stereocenters. The number of nitrogens with one attached hydrogen (secondary N) is 1. The van der Waals surface area contributed by atoms with Gasteiger partial charge in [0.25, 0.3) is 0 Å². The van der Waals surface area contributed by atoms with Gasteiger partial charge in [0, 0.05) is 17.1 Å². The fourth-order valence-electron chi connectivity index (χ4n) is 2.07. The normalized spacial score (nSPS) is 11.4. The van der Waals surface area contributed by atoms with Gasteiger partial charge in [-0.1, -0.05) is 29.5 Å². The number of benzene rings is 1. The van der Waals surface area contributed by atoms with E-state index in [0.717, 1.165) is 21.5 Å². The van der Waals surface area contributed by atoms with Crippen molar-refractivity contribution < 1.29 is 9.53 Å². The number of amides is 1. The van der Waals surface area contributed by atoms with Crippen LogP contribution in [0.5, 0.6) is 0 Å². The maximum atomic E-state index is 11.8. The van der Waals surface area contributed by atoms with Gasteiger partial charge in [-0.15, -0.1) is 0 Å². The Morgan fingerprint density at radius 1 is 1.22 bits per heavy atom. The van der Waals surface area contributed by atoms with Crippen LogP contribution in [0, 0.1) is 0 Å². The molecule has 0 aliphatic heterocycles. The van der Waals surface area contributed by atoms with Crippen LogP contribution in [0.15, 0.2) is 42.7 Å². The molecule has 3 rings (SSSR count). The van der Waals surface area contributed by atoms with E-state index in [1.54, 1.807) is 12.4 Å². The lowest BCUT2D eigenvalue weighted by Crippen LogP contribution is -2.26. The van der Waals surface area contributed by atoms with Crippen molar-refractivity contribution in [2.75, 3.05) is 5.32 Å². The number of ether oxygens (including phenoxy) is 1. The van der Waals surface area contributed by atoms with Crippen molar-refractivity contribution in [3.05, 3.63) is 42.7 Å². The van der Waals surface area contributed by atoms with Crippen LogP contribution in [0.25, 0.3) is 21.5 Å². The SMILES string of the molecule is CC(C)(C)OC(=O)Nc1cnc(-c2ccc3cccnc3c2)s1. The first kappa shape index (κ1) is 15.4. The van der Waals surface area contributed by atoms with Gasteiger partial charge < -0.3 is 4.74 Å². The van der Waals surface area contributed by atoms with E-state index in [0.29, 0.717) is 5.00 Å². The first-order chi connectivity index (χ1) is 10.9. The Balaban J connectivity index is 1.79. The molecule has 0 saturated carbocycles. The fourth-order valence-corrected chi connectivity index (χ4v) is 2.87. The average molecular weight is 327 g/mol. The summed E-state index contributed by atoms with van der Waals surface area (Å²) < 4.78 is 5.23. The quantitative estimate of drug-likeness (QED) is 0.740. The number of fused-ring (bicyclic) bond motifs is 1. The van der Waals surface area contributed by atoms with E-state index in [1.165, 1.54) is 11.3 Å². The minimum Gasteiger partial charge on any atom is -0.444 e. The molecule has 1 aromatic carbocycles. The summed E-state index contributed by atoms with van der Waals surface area (Å²) in [5.74, 6) is 0. The summed E-state index contributed by atoms with van der Waals surface area (Å²) in [7, 11) is 0. The zero-order chi connectivity index (χ0) is 16.4. The van der Waals surface area contributed by atoms with Crippen LogP contribution in [0.4, 0.5) is 9.80 Å². The van der Waals surface area contributed by atoms with E-state index >= 15 is 0 Å². The van der Waals surface area contributed by atoms with Gasteiger partial charge in [-0.2, -0.15) is 0 Å². The number of hydrogen-bond acceptors (Lipinski definition) is 5. The molecule has 0 saturated heterocycles. The fraction of sp³-hybridized carbons (Fsp3) is 0.235. The lowest BCUT2D eigenvalue weighted by Gasteiger charge is -2.19. The highest BCUT2D eigenvalue weighted by atomic mass is 32.1. The molecule has 0 bridgehead atoms. The molecule has 1 amide bonds. The van der Waals surface area contributed by atoms with Crippen molar-refractivity contribution in [3.63, 3.8) is 0 Å². The predicted octanol–water partition coefficient (Wildman–Crippen LogP) is 4.71. The third-order valence-electron chi connectivity index (χ3n) is 2.98. The van der Waals surface area contributed by atoms with E-state index < -0.39 is 11.7 Å². The number of rotatable bonds is 2. The second kappa shape index (κ2) is 5.96. The molecule has 23 heavy (non-hydrogen) atoms. The molecular formula is C17H17N3O2S. The molecule has 0 fully saturated rings. The van der Waals surface area contributed by atoms with Gasteiger partial charge in [0.05, 0.1) is 11.7 Å². The summed E-state index contributed by atoms with van der Waals surface area (Å²) in [5, 5.41) is 5.26. The molecule has 0 aliphatic rings. The molecule has 0 spiro atoms. The molecule has 3 aromatic rings. The van der Waals surface area contributed by atoms with Crippen LogP contribution in [0.1, 0.15) is 20.8 Å². The smallest absolute Gasteiger partial charge is 0.412 e. The Morgan fingerprint density at radius 2 is 2.04 bits per heavy atom. The molecule has 6 heteroatoms. The van der Waals surface area contributed by atoms with E-state index in [9.17, 15) is 4.79 Å². The van der Waals surface area contributed by atoms with Gasteiger partial charge >= 0.3 is 6.09 Å². The number of pyridine rings is 1. The van der Waals surface area contributed by atoms with Crippen molar-refractivity contribution in [2.45, 2.75) is 26.4 Å². The average Bonchev–Trinajstić information content (AvgIpc) is 2.93. The van der Waals surface area contributed by atoms with E-state index in [2.05, 4.69) is 15.3 Å². The van der Waals surface area contributed by atoms with Crippen molar-refractivity contribution in [1.82, 2.24) is 9.97 Å². The second-order valence-electron chi connectivity index (χ2n) is 6.07. The Morgan fingerprint density at radius 3 is 2.83 bits per heavy atom. The summed E-state index contributed by atoms with van der Waals surface area (Å²) in [6, 6.07) is 9.93. The van der Waals surface area contributed by atoms with Crippen molar-refractivity contribution in [2.24, 2.45) is 0 Å². The third kappa shape index (κ3) is 3.84. The van der Waals surface area contributed by atoms with Crippen LogP contribution >= 0.6 is 11.3 Å². The van der Waals surface area contributed by atoms with Crippen molar-refractivity contribution in [3.8, 4) is 10.6 Å². The molecule has 0 aliphatic carbocycles. The van der Waals surface area contributed by atoms with Crippen LogP contribution in [-0.2, 0) is 4.74 Å². The number of carbonyl (C=O) groups is 1. The van der Waals surface area contributed by atoms with E-state index in [4.69, 9.17) is 4.74 Å². The number of hydrogen-bond donors (Lipinski definition) is 1. The highest BCUT2D eigenvalue weighted by Gasteiger charge is 2.17. The van der Waals surface area contributed by atoms with Crippen molar-refractivity contribution >= 4 is 33.3 Å². The van der Waals surface area contributed by atoms with Crippen LogP contribution in [-0.4, -0.2) is 21.7 Å². The Labute approximate surface area is 138 Å². The predicted molar refractivity (Wildman–Crippen MR) is 92.7 cm³/mol. The summed E-state index contributed by atoms with van der Waals surface area (Å²) in [6.45, 7) is 5.48. The van der Waals surface area contributed by atoms with Crippen LogP contribution in [0.2, 0.25) is 0 Å². The number of anilines is 1. The molecule has 2 heterocycles. The van der Waals surface area contributed by atoms with Crippen LogP contribution < -0.4 is 5.32 Å². The summed E-state index contributed by atoms with van der Waals surface area (Å²) in [6.07, 6.45) is 2.92. The molecule has 0 atom stereocenters. The number of nitrogens with zero attached hydrogens (tertiary/aromatic N) is 2. The van der Waals surface area contributed by atoms with E-state index in [1.807, 2.05) is 51.1 Å². The zero-order valence-corrected chi connectivity index (χ0v) is 14.0. The molecule has 118 valence electrons. The van der Waals surface area contributed by atoms with Gasteiger partial charge in [0.15, 0.2) is 0 Å². The topological polar surface area (TPSA) is 64.1 Å². The monoisotopic (exact) mass is 327 g/mol. The standard InChI is InChI=1S/C17H17N3O2S/c1-17(2,3)22-16(21)20-14-10-19-15(23-14)12-7-6-11-5-4-8-18-13(11)9-12/h4-10H,1-3H3,(H,20,21). The van der Waals surface area contributed by atoms with Gasteiger partial charge in [-0.3, -0.25) is 10.3 Å². The summed E-state index contributed by atoms with van der Waals surface area (Å²) in [5.41, 5.74) is 1.36. The highest BCUT2D eigenvalue weighted by molar-refractivity contribution is 7.19. The van der Waals surface area contributed by atoms with E-state index in [-0.39, 0.29) is 0 Å². The third-order valence-corrected chi connectivity index (χ3v) is 3.94. The van der Waals surface area contributed by atoms with Gasteiger partial charge in [-0.25, -0.2) is 9.78 Å². The first-order valence-electron chi connectivity index (χ1n) is 7.22. The molecule has 5 nitrogen and oxygen atoms in total. The van der Waals surface area contributed by atoms with Crippen molar-refractivity contribution in [1.29, 1.82) is 0 Å². The first-order valence-corrected chi connectivity index (χ1v) is 8.03. The molecule has 0 radical (unpaired) electrons. The summed E-state index contributed by atoms with van der Waals surface area (Å²) >= 11 is 1.40. The number of carbonyl (C=O) groups excluding carboxylic acids is 1. The minimum atomic E-state index is -0.526. The summed E-state index contributed by atoms with van der Waals surface area (Å²) in [4.78, 5) is 20.5. The van der Waals surface area contributed by atoms with Gasteiger partial charge in [0.1, 0.15) is 15.6 Å². The van der Waals surface area contributed by atoms with Crippen LogP contribution in [0.3, 0.4) is 0 Å². The molecular weight excluding hydrogens is 310 g/mol. The zero-order valence-electron chi connectivity index (χ0n) is 13.2. The Hall–Kier alpha value is -2.47. The maximum absolute atomic E-state index is 11.8. The minimum absolute atomic E-state index is 0.479. The maximum Gasteiger partial charge on any atom is 0.412 e. The second-order valence-corrected chi connectivity index (χ2v) is 7.10.